The zero-order chi connectivity index (χ0) is 14.6. The van der Waals surface area contributed by atoms with Crippen LogP contribution in [0, 0.1) is 5.92 Å². The van der Waals surface area contributed by atoms with E-state index in [1.165, 1.54) is 0 Å². The van der Waals surface area contributed by atoms with Gasteiger partial charge in [-0.2, -0.15) is 0 Å². The highest BCUT2D eigenvalue weighted by Crippen LogP contribution is 2.37. The van der Waals surface area contributed by atoms with Crippen molar-refractivity contribution in [2.75, 3.05) is 6.16 Å². The normalized spacial score (nSPS) is 26.2. The number of nitrogens with one attached hydrogen (secondary N) is 2. The zero-order valence-electron chi connectivity index (χ0n) is 10.6. The SMILES string of the molecule is CCC(CCCP(=O)(O)O)C1=C(O)NC(O)NC1Cl. The summed E-state index contributed by atoms with van der Waals surface area (Å²) in [6, 6.07) is 0. The minimum absolute atomic E-state index is 0.110. The molecule has 0 fully saturated rings. The first-order valence-electron chi connectivity index (χ1n) is 6.07. The number of hydrogen-bond acceptors (Lipinski definition) is 5. The van der Waals surface area contributed by atoms with Crippen LogP contribution in [0.4, 0.5) is 0 Å². The Morgan fingerprint density at radius 1 is 1.47 bits per heavy atom. The molecule has 1 heterocycles. The Hall–Kier alpha value is -0.300. The van der Waals surface area contributed by atoms with Gasteiger partial charge in [-0.15, -0.1) is 11.6 Å². The summed E-state index contributed by atoms with van der Waals surface area (Å²) in [5.41, 5.74) is -0.198. The quantitative estimate of drug-likeness (QED) is 0.243. The molecule has 0 radical (unpaired) electrons. The van der Waals surface area contributed by atoms with Gasteiger partial charge in [-0.1, -0.05) is 6.92 Å². The van der Waals surface area contributed by atoms with Crippen LogP contribution in [0.15, 0.2) is 11.5 Å². The number of aliphatic hydroxyl groups is 2. The Kier molecular flexibility index (Phi) is 6.11. The van der Waals surface area contributed by atoms with Crippen molar-refractivity contribution in [3.05, 3.63) is 11.5 Å². The van der Waals surface area contributed by atoms with Gasteiger partial charge in [-0.25, -0.2) is 0 Å². The van der Waals surface area contributed by atoms with Crippen LogP contribution in [-0.2, 0) is 4.57 Å². The molecule has 0 aromatic heterocycles. The number of alkyl halides is 1. The molecule has 3 unspecified atom stereocenters. The third kappa shape index (κ3) is 5.30. The van der Waals surface area contributed by atoms with E-state index in [9.17, 15) is 14.8 Å². The molecule has 0 saturated heterocycles. The summed E-state index contributed by atoms with van der Waals surface area (Å²) >= 11 is 6.03. The van der Waals surface area contributed by atoms with E-state index >= 15 is 0 Å². The van der Waals surface area contributed by atoms with Gasteiger partial charge in [-0.3, -0.25) is 9.88 Å². The maximum absolute atomic E-state index is 10.8. The van der Waals surface area contributed by atoms with E-state index in [0.717, 1.165) is 0 Å². The van der Waals surface area contributed by atoms with Gasteiger partial charge in [0.15, 0.2) is 12.2 Å². The maximum Gasteiger partial charge on any atom is 0.325 e. The molecule has 1 aliphatic rings. The van der Waals surface area contributed by atoms with E-state index in [1.807, 2.05) is 6.92 Å². The highest BCUT2D eigenvalue weighted by Gasteiger charge is 2.30. The van der Waals surface area contributed by atoms with Crippen molar-refractivity contribution in [1.29, 1.82) is 0 Å². The van der Waals surface area contributed by atoms with E-state index < -0.39 is 19.4 Å². The van der Waals surface area contributed by atoms with Crippen LogP contribution < -0.4 is 10.6 Å². The number of rotatable bonds is 6. The lowest BCUT2D eigenvalue weighted by molar-refractivity contribution is 0.0785. The van der Waals surface area contributed by atoms with Crippen LogP contribution in [0.1, 0.15) is 26.2 Å². The second kappa shape index (κ2) is 6.92. The molecule has 0 spiro atoms. The number of halogens is 1. The molecule has 9 heteroatoms. The lowest BCUT2D eigenvalue weighted by atomic mass is 9.91. The van der Waals surface area contributed by atoms with Crippen LogP contribution in [-0.4, -0.2) is 38.0 Å². The third-order valence-corrected chi connectivity index (χ3v) is 4.32. The van der Waals surface area contributed by atoms with Crippen LogP contribution in [0.5, 0.6) is 0 Å². The van der Waals surface area contributed by atoms with Crippen molar-refractivity contribution >= 4 is 19.2 Å². The Labute approximate surface area is 116 Å². The summed E-state index contributed by atoms with van der Waals surface area (Å²) in [4.78, 5) is 17.6. The second-order valence-corrected chi connectivity index (χ2v) is 6.73. The molecule has 0 saturated carbocycles. The first-order chi connectivity index (χ1) is 8.74. The van der Waals surface area contributed by atoms with E-state index in [4.69, 9.17) is 21.4 Å². The molecule has 3 atom stereocenters. The second-order valence-electron chi connectivity index (χ2n) is 4.52. The van der Waals surface area contributed by atoms with Gasteiger partial charge in [0.05, 0.1) is 0 Å². The fourth-order valence-electron chi connectivity index (χ4n) is 2.13. The average molecular weight is 315 g/mol. The van der Waals surface area contributed by atoms with Crippen LogP contribution in [0.25, 0.3) is 0 Å². The molecule has 6 N–H and O–H groups in total. The smallest absolute Gasteiger partial charge is 0.325 e. The summed E-state index contributed by atoms with van der Waals surface area (Å²) in [5.74, 6) is -0.282. The molecule has 19 heavy (non-hydrogen) atoms. The van der Waals surface area contributed by atoms with Gasteiger partial charge in [0.1, 0.15) is 5.50 Å². The summed E-state index contributed by atoms with van der Waals surface area (Å²) < 4.78 is 10.8. The van der Waals surface area contributed by atoms with Crippen LogP contribution in [0.3, 0.4) is 0 Å². The summed E-state index contributed by atoms with van der Waals surface area (Å²) in [6.45, 7) is 1.90. The largest absolute Gasteiger partial charge is 0.495 e. The lowest BCUT2D eigenvalue weighted by Gasteiger charge is -2.32. The van der Waals surface area contributed by atoms with E-state index in [0.29, 0.717) is 24.8 Å². The first kappa shape index (κ1) is 16.8. The van der Waals surface area contributed by atoms with E-state index in [2.05, 4.69) is 10.6 Å². The molecule has 1 rings (SSSR count). The third-order valence-electron chi connectivity index (χ3n) is 3.06. The van der Waals surface area contributed by atoms with Crippen molar-refractivity contribution in [2.24, 2.45) is 5.92 Å². The molecule has 0 aliphatic carbocycles. The first-order valence-corrected chi connectivity index (χ1v) is 8.30. The summed E-state index contributed by atoms with van der Waals surface area (Å²) in [7, 11) is -4.00. The highest BCUT2D eigenvalue weighted by atomic mass is 35.5. The van der Waals surface area contributed by atoms with Crippen molar-refractivity contribution in [3.8, 4) is 0 Å². The Balaban J connectivity index is 2.68. The Morgan fingerprint density at radius 2 is 2.11 bits per heavy atom. The highest BCUT2D eigenvalue weighted by molar-refractivity contribution is 7.51. The van der Waals surface area contributed by atoms with Crippen LogP contribution in [0.2, 0.25) is 0 Å². The van der Waals surface area contributed by atoms with Gasteiger partial charge in [-0.05, 0) is 25.2 Å². The van der Waals surface area contributed by atoms with Crippen LogP contribution >= 0.6 is 19.2 Å². The Bertz CT molecular complexity index is 386. The lowest BCUT2D eigenvalue weighted by Crippen LogP contribution is -2.51. The van der Waals surface area contributed by atoms with Gasteiger partial charge in [0.25, 0.3) is 0 Å². The van der Waals surface area contributed by atoms with Gasteiger partial charge in [0, 0.05) is 11.7 Å². The number of hydrogen-bond donors (Lipinski definition) is 6. The molecule has 7 nitrogen and oxygen atoms in total. The standard InChI is InChI=1S/C10H20ClN2O5P/c1-2-6(4-3-5-19(16,17)18)7-8(11)12-10(15)13-9(7)14/h6,8,10,12-15H,2-5H2,1H3,(H2,16,17,18). The predicted octanol–water partition coefficient (Wildman–Crippen LogP) is 0.774. The fourth-order valence-corrected chi connectivity index (χ4v) is 3.12. The van der Waals surface area contributed by atoms with Crippen molar-refractivity contribution < 1.29 is 24.6 Å². The minimum Gasteiger partial charge on any atom is -0.495 e. The van der Waals surface area contributed by atoms with Gasteiger partial charge >= 0.3 is 7.60 Å². The molecule has 0 aromatic carbocycles. The predicted molar refractivity (Wildman–Crippen MR) is 71.5 cm³/mol. The van der Waals surface area contributed by atoms with Crippen molar-refractivity contribution in [1.82, 2.24) is 10.6 Å². The zero-order valence-corrected chi connectivity index (χ0v) is 12.2. The molecular formula is C10H20ClN2O5P. The van der Waals surface area contributed by atoms with E-state index in [-0.39, 0.29) is 18.0 Å². The monoisotopic (exact) mass is 314 g/mol. The minimum atomic E-state index is -4.00. The molecule has 1 aliphatic heterocycles. The molecule has 112 valence electrons. The fraction of sp³-hybridized carbons (Fsp3) is 0.800. The molecule has 0 bridgehead atoms. The molecule has 0 amide bonds. The summed E-state index contributed by atoms with van der Waals surface area (Å²) in [6.07, 6.45) is 0.214. The molecule has 0 aromatic rings. The topological polar surface area (TPSA) is 122 Å². The summed E-state index contributed by atoms with van der Waals surface area (Å²) in [5, 5.41) is 24.1. The maximum atomic E-state index is 10.8. The molecular weight excluding hydrogens is 295 g/mol. The van der Waals surface area contributed by atoms with Gasteiger partial charge in [0.2, 0.25) is 0 Å². The van der Waals surface area contributed by atoms with Gasteiger partial charge < -0.3 is 25.3 Å². The number of aliphatic hydroxyl groups excluding tert-OH is 2. The van der Waals surface area contributed by atoms with Crippen molar-refractivity contribution in [3.63, 3.8) is 0 Å². The van der Waals surface area contributed by atoms with E-state index in [1.54, 1.807) is 0 Å². The Morgan fingerprint density at radius 3 is 2.58 bits per heavy atom. The van der Waals surface area contributed by atoms with Crippen molar-refractivity contribution in [2.45, 2.75) is 38.0 Å². The average Bonchev–Trinajstić information content (AvgIpc) is 2.23.